The maximum absolute atomic E-state index is 11.9. The number of amides is 1. The molecule has 0 spiro atoms. The van der Waals surface area contributed by atoms with Crippen LogP contribution in [0, 0.1) is 0 Å². The van der Waals surface area contributed by atoms with Gasteiger partial charge in [0.2, 0.25) is 0 Å². The van der Waals surface area contributed by atoms with E-state index in [2.05, 4.69) is 34.2 Å². The summed E-state index contributed by atoms with van der Waals surface area (Å²) in [7, 11) is 0. The lowest BCUT2D eigenvalue weighted by Gasteiger charge is -2.34. The van der Waals surface area contributed by atoms with Gasteiger partial charge in [-0.1, -0.05) is 60.7 Å². The van der Waals surface area contributed by atoms with Crippen LogP contribution in [0.4, 0.5) is 0 Å². The summed E-state index contributed by atoms with van der Waals surface area (Å²) in [4.78, 5) is 18.2. The third-order valence-electron chi connectivity index (χ3n) is 4.22. The molecular formula is C18H16N2O2. The molecule has 4 rings (SSSR count). The van der Waals surface area contributed by atoms with Crippen LogP contribution in [-0.2, 0) is 9.53 Å². The molecule has 0 aromatic heterocycles. The molecule has 2 atom stereocenters. The Hall–Kier alpha value is -2.62. The van der Waals surface area contributed by atoms with Gasteiger partial charge in [-0.15, -0.1) is 0 Å². The van der Waals surface area contributed by atoms with Crippen LogP contribution >= 0.6 is 0 Å². The molecule has 2 heterocycles. The fraction of sp³-hybridized carbons (Fsp3) is 0.222. The maximum Gasteiger partial charge on any atom is 0.296 e. The zero-order valence-corrected chi connectivity index (χ0v) is 12.1. The average molecular weight is 292 g/mol. The van der Waals surface area contributed by atoms with Crippen LogP contribution in [0.25, 0.3) is 0 Å². The first kappa shape index (κ1) is 13.1. The third kappa shape index (κ3) is 2.17. The van der Waals surface area contributed by atoms with Gasteiger partial charge in [-0.2, -0.15) is 4.99 Å². The lowest BCUT2D eigenvalue weighted by atomic mass is 9.97. The molecule has 1 amide bonds. The van der Waals surface area contributed by atoms with E-state index in [1.54, 1.807) is 0 Å². The molecule has 0 aliphatic carbocycles. The highest BCUT2D eigenvalue weighted by molar-refractivity contribution is 5.94. The monoisotopic (exact) mass is 292 g/mol. The smallest absolute Gasteiger partial charge is 0.296 e. The van der Waals surface area contributed by atoms with Gasteiger partial charge >= 0.3 is 0 Å². The van der Waals surface area contributed by atoms with Crippen LogP contribution in [0.5, 0.6) is 0 Å². The fourth-order valence-corrected chi connectivity index (χ4v) is 3.18. The van der Waals surface area contributed by atoms with E-state index in [1.807, 2.05) is 36.4 Å². The number of aliphatic imine (C=N–C) groups is 1. The number of rotatable bonds is 2. The molecule has 4 nitrogen and oxygen atoms in total. The Morgan fingerprint density at radius 3 is 2.14 bits per heavy atom. The Morgan fingerprint density at radius 1 is 0.909 bits per heavy atom. The highest BCUT2D eigenvalue weighted by Gasteiger charge is 2.42. The zero-order chi connectivity index (χ0) is 14.9. The van der Waals surface area contributed by atoms with E-state index >= 15 is 0 Å². The molecule has 0 bridgehead atoms. The van der Waals surface area contributed by atoms with Crippen molar-refractivity contribution in [3.05, 3.63) is 71.8 Å². The van der Waals surface area contributed by atoms with Crippen LogP contribution < -0.4 is 0 Å². The summed E-state index contributed by atoms with van der Waals surface area (Å²) in [5.41, 5.74) is 2.30. The van der Waals surface area contributed by atoms with Crippen molar-refractivity contribution in [3.8, 4) is 0 Å². The summed E-state index contributed by atoms with van der Waals surface area (Å²) < 4.78 is 5.70. The molecule has 0 saturated carbocycles. The highest BCUT2D eigenvalue weighted by Crippen LogP contribution is 2.39. The van der Waals surface area contributed by atoms with E-state index < -0.39 is 0 Å². The van der Waals surface area contributed by atoms with Gasteiger partial charge in [0, 0.05) is 0 Å². The molecule has 1 saturated heterocycles. The van der Waals surface area contributed by atoms with E-state index in [1.165, 1.54) is 5.56 Å². The standard InChI is InChI=1S/C18H16N2O2/c21-17-11-15(13-7-3-1-4-8-13)20-16(12-22-18(20)19-17)14-9-5-2-6-10-14/h1-10,15-16H,11-12H2/t15-,16+/m0/s1. The molecule has 0 unspecified atom stereocenters. The first-order valence-corrected chi connectivity index (χ1v) is 7.45. The SMILES string of the molecule is O=C1C[C@@H](c2ccccc2)N2C(=N1)OC[C@@H]2c1ccccc1. The number of carbonyl (C=O) groups excluding carboxylic acids is 1. The quantitative estimate of drug-likeness (QED) is 0.854. The Bertz CT molecular complexity index is 712. The van der Waals surface area contributed by atoms with E-state index in [0.29, 0.717) is 19.0 Å². The molecule has 2 aromatic carbocycles. The average Bonchev–Trinajstić information content (AvgIpc) is 2.99. The molecule has 1 fully saturated rings. The topological polar surface area (TPSA) is 41.9 Å². The predicted octanol–water partition coefficient (Wildman–Crippen LogP) is 3.09. The van der Waals surface area contributed by atoms with Gasteiger partial charge in [-0.3, -0.25) is 4.79 Å². The van der Waals surface area contributed by atoms with Crippen molar-refractivity contribution in [2.45, 2.75) is 18.5 Å². The first-order valence-electron chi connectivity index (χ1n) is 7.45. The highest BCUT2D eigenvalue weighted by atomic mass is 16.5. The molecule has 0 N–H and O–H groups in total. The van der Waals surface area contributed by atoms with Gasteiger partial charge < -0.3 is 9.64 Å². The third-order valence-corrected chi connectivity index (χ3v) is 4.22. The fourth-order valence-electron chi connectivity index (χ4n) is 3.18. The van der Waals surface area contributed by atoms with Crippen LogP contribution in [0.3, 0.4) is 0 Å². The summed E-state index contributed by atoms with van der Waals surface area (Å²) >= 11 is 0. The van der Waals surface area contributed by atoms with E-state index in [0.717, 1.165) is 5.56 Å². The second kappa shape index (κ2) is 5.30. The van der Waals surface area contributed by atoms with Crippen molar-refractivity contribution < 1.29 is 9.53 Å². The molecule has 4 heteroatoms. The van der Waals surface area contributed by atoms with Crippen molar-refractivity contribution in [2.24, 2.45) is 4.99 Å². The minimum atomic E-state index is -0.117. The van der Waals surface area contributed by atoms with E-state index in [-0.39, 0.29) is 18.0 Å². The number of fused-ring (bicyclic) bond motifs is 1. The van der Waals surface area contributed by atoms with Crippen molar-refractivity contribution in [2.75, 3.05) is 6.61 Å². The number of hydrogen-bond donors (Lipinski definition) is 0. The summed E-state index contributed by atoms with van der Waals surface area (Å²) in [6.07, 6.45) is 0.389. The van der Waals surface area contributed by atoms with Gasteiger partial charge in [0.1, 0.15) is 6.61 Å². The normalized spacial score (nSPS) is 23.7. The van der Waals surface area contributed by atoms with Gasteiger partial charge in [0.05, 0.1) is 18.5 Å². The van der Waals surface area contributed by atoms with Crippen molar-refractivity contribution in [3.63, 3.8) is 0 Å². The Labute approximate surface area is 129 Å². The molecule has 2 aromatic rings. The lowest BCUT2D eigenvalue weighted by Crippen LogP contribution is -2.38. The number of nitrogens with zero attached hydrogens (tertiary/aromatic N) is 2. The summed E-state index contributed by atoms with van der Waals surface area (Å²) in [5.74, 6) is -0.117. The Morgan fingerprint density at radius 2 is 1.50 bits per heavy atom. The largest absolute Gasteiger partial charge is 0.462 e. The van der Waals surface area contributed by atoms with Gasteiger partial charge in [0.25, 0.3) is 11.9 Å². The van der Waals surface area contributed by atoms with Crippen LogP contribution in [0.2, 0.25) is 0 Å². The second-order valence-electron chi connectivity index (χ2n) is 5.56. The minimum absolute atomic E-state index is 0.0195. The van der Waals surface area contributed by atoms with Gasteiger partial charge in [-0.05, 0) is 11.1 Å². The van der Waals surface area contributed by atoms with Crippen LogP contribution in [0.1, 0.15) is 29.6 Å². The van der Waals surface area contributed by atoms with Crippen LogP contribution in [0.15, 0.2) is 65.7 Å². The second-order valence-corrected chi connectivity index (χ2v) is 5.56. The summed E-state index contributed by atoms with van der Waals surface area (Å²) in [5, 5.41) is 0. The van der Waals surface area contributed by atoms with E-state index in [4.69, 9.17) is 4.74 Å². The minimum Gasteiger partial charge on any atom is -0.462 e. The number of hydrogen-bond acceptors (Lipinski definition) is 3. The molecule has 2 aliphatic rings. The Kier molecular flexibility index (Phi) is 3.15. The molecular weight excluding hydrogens is 276 g/mol. The molecule has 2 aliphatic heterocycles. The molecule has 0 radical (unpaired) electrons. The Balaban J connectivity index is 1.76. The van der Waals surface area contributed by atoms with Crippen molar-refractivity contribution >= 4 is 11.9 Å². The lowest BCUT2D eigenvalue weighted by molar-refractivity contribution is -0.119. The van der Waals surface area contributed by atoms with Gasteiger partial charge in [-0.25, -0.2) is 0 Å². The zero-order valence-electron chi connectivity index (χ0n) is 12.1. The van der Waals surface area contributed by atoms with Crippen LogP contribution in [-0.4, -0.2) is 23.4 Å². The number of carbonyl (C=O) groups is 1. The maximum atomic E-state index is 11.9. The van der Waals surface area contributed by atoms with Crippen molar-refractivity contribution in [1.82, 2.24) is 4.90 Å². The van der Waals surface area contributed by atoms with E-state index in [9.17, 15) is 4.79 Å². The summed E-state index contributed by atoms with van der Waals surface area (Å²) in [6.45, 7) is 0.527. The van der Waals surface area contributed by atoms with Crippen molar-refractivity contribution in [1.29, 1.82) is 0 Å². The molecule has 110 valence electrons. The first-order chi connectivity index (χ1) is 10.8. The van der Waals surface area contributed by atoms with Gasteiger partial charge in [0.15, 0.2) is 0 Å². The number of benzene rings is 2. The number of amidine groups is 1. The number of ether oxygens (including phenoxy) is 1. The predicted molar refractivity (Wildman–Crippen MR) is 83.2 cm³/mol. The molecule has 22 heavy (non-hydrogen) atoms. The summed E-state index contributed by atoms with van der Waals surface area (Å²) in [6, 6.07) is 20.9.